The Balaban J connectivity index is 1.48. The minimum Gasteiger partial charge on any atom is -0.480 e. The molecule has 1 saturated heterocycles. The molecule has 8 N–H and O–H groups in total. The number of carbonyl (C=O) groups excluding carboxylic acids is 1. The van der Waals surface area contributed by atoms with Gasteiger partial charge in [-0.3, -0.25) is 14.5 Å². The van der Waals surface area contributed by atoms with E-state index in [-0.39, 0.29) is 5.56 Å². The van der Waals surface area contributed by atoms with Crippen molar-refractivity contribution in [3.8, 4) is 0 Å². The maximum Gasteiger partial charge on any atom is 0.349 e. The number of carbonyl (C=O) groups is 2. The second kappa shape index (κ2) is 16.0. The van der Waals surface area contributed by atoms with Crippen molar-refractivity contribution in [3.05, 3.63) is 40.2 Å². The Kier molecular flexibility index (Phi) is 12.5. The summed E-state index contributed by atoms with van der Waals surface area (Å²) in [5.74, 6) is -1.56. The summed E-state index contributed by atoms with van der Waals surface area (Å²) in [7, 11) is 0. The van der Waals surface area contributed by atoms with Crippen molar-refractivity contribution >= 4 is 28.5 Å². The number of rotatable bonds is 11. The summed E-state index contributed by atoms with van der Waals surface area (Å²) in [5, 5.41) is 25.9. The van der Waals surface area contributed by atoms with Gasteiger partial charge >= 0.3 is 11.6 Å². The van der Waals surface area contributed by atoms with Gasteiger partial charge in [-0.25, -0.2) is 4.79 Å². The molecule has 1 amide bonds. The molecule has 1 aromatic heterocycles. The number of anilines is 1. The topological polar surface area (TPSA) is 174 Å². The van der Waals surface area contributed by atoms with Gasteiger partial charge in [0.05, 0.1) is 0 Å². The first kappa shape index (κ1) is 29.5. The molecule has 210 valence electrons. The molecule has 0 radical (unpaired) electrons. The summed E-state index contributed by atoms with van der Waals surface area (Å²) >= 11 is 0. The number of nitrogens with one attached hydrogen (secondary N) is 5. The van der Waals surface area contributed by atoms with Gasteiger partial charge in [0.2, 0.25) is 0 Å². The molecule has 1 unspecified atom stereocenters. The zero-order valence-corrected chi connectivity index (χ0v) is 21.9. The Morgan fingerprint density at radius 2 is 1.68 bits per heavy atom. The number of fused-ring (bicyclic) bond motifs is 1. The molecule has 1 aliphatic heterocycles. The lowest BCUT2D eigenvalue weighted by molar-refractivity contribution is -0.138. The standard InChI is InChI=1S/C26H41N7O5/c27-22(25(35)36)3-1-2-6-32-24(34)21-17-19-4-5-20(18-23(19)38-26(21)37)31-13-16-33-14-11-29-9-7-28-8-10-30-12-15-33/h4-5,17-18,22,28-31H,1-3,6-16,27H2,(H,32,34)(H,35,36). The predicted molar refractivity (Wildman–Crippen MR) is 148 cm³/mol. The van der Waals surface area contributed by atoms with Gasteiger partial charge in [0, 0.05) is 89.1 Å². The highest BCUT2D eigenvalue weighted by molar-refractivity contribution is 5.96. The lowest BCUT2D eigenvalue weighted by Crippen LogP contribution is -2.43. The van der Waals surface area contributed by atoms with Crippen LogP contribution in [0.2, 0.25) is 0 Å². The van der Waals surface area contributed by atoms with Gasteiger partial charge in [-0.2, -0.15) is 0 Å². The number of carboxylic acid groups (broad SMARTS) is 1. The molecule has 38 heavy (non-hydrogen) atoms. The van der Waals surface area contributed by atoms with Crippen LogP contribution in [-0.2, 0) is 4.79 Å². The first-order valence-corrected chi connectivity index (χ1v) is 13.4. The first-order chi connectivity index (χ1) is 18.4. The van der Waals surface area contributed by atoms with Gasteiger partial charge in [0.15, 0.2) is 0 Å². The normalized spacial score (nSPS) is 16.8. The lowest BCUT2D eigenvalue weighted by atomic mass is 10.1. The number of carboxylic acids is 1. The number of aliphatic carboxylic acids is 1. The number of unbranched alkanes of at least 4 members (excludes halogenated alkanes) is 1. The smallest absolute Gasteiger partial charge is 0.349 e. The van der Waals surface area contributed by atoms with Crippen LogP contribution in [0.1, 0.15) is 29.6 Å². The maximum absolute atomic E-state index is 12.5. The van der Waals surface area contributed by atoms with E-state index in [4.69, 9.17) is 15.3 Å². The van der Waals surface area contributed by atoms with Crippen LogP contribution in [0.3, 0.4) is 0 Å². The van der Waals surface area contributed by atoms with Crippen molar-refractivity contribution in [2.75, 3.05) is 77.3 Å². The molecule has 1 aliphatic rings. The highest BCUT2D eigenvalue weighted by Gasteiger charge is 2.15. The second-order valence-corrected chi connectivity index (χ2v) is 9.41. The van der Waals surface area contributed by atoms with E-state index in [9.17, 15) is 14.4 Å². The van der Waals surface area contributed by atoms with Crippen LogP contribution in [0.4, 0.5) is 5.69 Å². The largest absolute Gasteiger partial charge is 0.480 e. The van der Waals surface area contributed by atoms with E-state index in [0.29, 0.717) is 36.8 Å². The van der Waals surface area contributed by atoms with Crippen LogP contribution < -0.4 is 37.9 Å². The monoisotopic (exact) mass is 531 g/mol. The molecule has 2 aromatic rings. The third-order valence-corrected chi connectivity index (χ3v) is 6.45. The third kappa shape index (κ3) is 10.0. The minimum absolute atomic E-state index is 0.0613. The van der Waals surface area contributed by atoms with Crippen molar-refractivity contribution in [3.63, 3.8) is 0 Å². The van der Waals surface area contributed by atoms with Crippen molar-refractivity contribution in [2.45, 2.75) is 25.3 Å². The van der Waals surface area contributed by atoms with E-state index in [1.165, 1.54) is 6.07 Å². The number of nitrogens with zero attached hydrogens (tertiary/aromatic N) is 1. The molecule has 1 atom stereocenters. The number of nitrogens with two attached hydrogens (primary N) is 1. The van der Waals surface area contributed by atoms with Crippen LogP contribution in [0.5, 0.6) is 0 Å². The SMILES string of the molecule is NC(CCCCNC(=O)c1cc2ccc(NCCN3CCNCCNCCNCC3)cc2oc1=O)C(=O)O. The van der Waals surface area contributed by atoms with Gasteiger partial charge in [0.1, 0.15) is 17.2 Å². The van der Waals surface area contributed by atoms with Gasteiger partial charge in [-0.15, -0.1) is 0 Å². The Morgan fingerprint density at radius 1 is 1.00 bits per heavy atom. The van der Waals surface area contributed by atoms with Gasteiger partial charge in [-0.1, -0.05) is 0 Å². The average Bonchev–Trinajstić information content (AvgIpc) is 2.89. The highest BCUT2D eigenvalue weighted by Crippen LogP contribution is 2.19. The van der Waals surface area contributed by atoms with E-state index in [1.54, 1.807) is 6.07 Å². The van der Waals surface area contributed by atoms with Gasteiger partial charge < -0.3 is 41.8 Å². The van der Waals surface area contributed by atoms with Crippen molar-refractivity contribution in [1.29, 1.82) is 0 Å². The second-order valence-electron chi connectivity index (χ2n) is 9.41. The molecule has 12 heteroatoms. The first-order valence-electron chi connectivity index (χ1n) is 13.4. The molecule has 3 rings (SSSR count). The van der Waals surface area contributed by atoms with E-state index in [0.717, 1.165) is 71.1 Å². The Bertz CT molecular complexity index is 1080. The third-order valence-electron chi connectivity index (χ3n) is 6.45. The number of hydrogen-bond acceptors (Lipinski definition) is 10. The summed E-state index contributed by atoms with van der Waals surface area (Å²) in [5.41, 5.74) is 5.96. The summed E-state index contributed by atoms with van der Waals surface area (Å²) in [6.45, 7) is 9.62. The average molecular weight is 532 g/mol. The van der Waals surface area contributed by atoms with Crippen LogP contribution in [0, 0.1) is 0 Å². The maximum atomic E-state index is 12.5. The van der Waals surface area contributed by atoms with E-state index in [1.807, 2.05) is 12.1 Å². The van der Waals surface area contributed by atoms with Crippen molar-refractivity contribution < 1.29 is 19.1 Å². The van der Waals surface area contributed by atoms with Crippen molar-refractivity contribution in [1.82, 2.24) is 26.2 Å². The Labute approximate surface area is 222 Å². The minimum atomic E-state index is -1.04. The van der Waals surface area contributed by atoms with Crippen LogP contribution in [-0.4, -0.2) is 99.9 Å². The molecule has 12 nitrogen and oxygen atoms in total. The molecule has 0 saturated carbocycles. The number of hydrogen-bond donors (Lipinski definition) is 7. The summed E-state index contributed by atoms with van der Waals surface area (Å²) in [4.78, 5) is 38.1. The van der Waals surface area contributed by atoms with E-state index in [2.05, 4.69) is 31.5 Å². The fourth-order valence-corrected chi connectivity index (χ4v) is 4.19. The fraction of sp³-hybridized carbons (Fsp3) is 0.577. The van der Waals surface area contributed by atoms with Crippen LogP contribution in [0.25, 0.3) is 11.0 Å². The fourth-order valence-electron chi connectivity index (χ4n) is 4.19. The quantitative estimate of drug-likeness (QED) is 0.148. The van der Waals surface area contributed by atoms with E-state index >= 15 is 0 Å². The predicted octanol–water partition coefficient (Wildman–Crippen LogP) is -0.399. The van der Waals surface area contributed by atoms with Crippen LogP contribution in [0.15, 0.2) is 33.5 Å². The van der Waals surface area contributed by atoms with E-state index < -0.39 is 23.5 Å². The van der Waals surface area contributed by atoms with Crippen LogP contribution >= 0.6 is 0 Å². The molecule has 2 heterocycles. The summed E-state index contributed by atoms with van der Waals surface area (Å²) in [6, 6.07) is 6.13. The summed E-state index contributed by atoms with van der Waals surface area (Å²) in [6.07, 6.45) is 1.44. The van der Waals surface area contributed by atoms with Crippen molar-refractivity contribution in [2.24, 2.45) is 5.73 Å². The molecule has 0 bridgehead atoms. The zero-order valence-electron chi connectivity index (χ0n) is 21.9. The molecular weight excluding hydrogens is 490 g/mol. The molecule has 1 fully saturated rings. The lowest BCUT2D eigenvalue weighted by Gasteiger charge is -2.24. The van der Waals surface area contributed by atoms with Gasteiger partial charge in [-0.05, 0) is 37.5 Å². The molecular formula is C26H41N7O5. The number of benzene rings is 1. The van der Waals surface area contributed by atoms with Gasteiger partial charge in [0.25, 0.3) is 5.91 Å². The summed E-state index contributed by atoms with van der Waals surface area (Å²) < 4.78 is 5.44. The number of amides is 1. The Hall–Kier alpha value is -3.03. The Morgan fingerprint density at radius 3 is 2.37 bits per heavy atom. The highest BCUT2D eigenvalue weighted by atomic mass is 16.4. The molecule has 0 spiro atoms. The molecule has 1 aromatic carbocycles. The molecule has 0 aliphatic carbocycles. The zero-order chi connectivity index (χ0) is 27.2.